The Kier molecular flexibility index (Phi) is 5.30. The number of rotatable bonds is 6. The molecule has 0 spiro atoms. The van der Waals surface area contributed by atoms with E-state index in [1.807, 2.05) is 85.8 Å². The van der Waals surface area contributed by atoms with Crippen molar-refractivity contribution in [3.63, 3.8) is 0 Å². The Morgan fingerprint density at radius 3 is 2.38 bits per heavy atom. The predicted octanol–water partition coefficient (Wildman–Crippen LogP) is 5.53. The van der Waals surface area contributed by atoms with E-state index >= 15 is 0 Å². The Bertz CT molecular complexity index is 1320. The van der Waals surface area contributed by atoms with Crippen LogP contribution in [0.25, 0.3) is 17.0 Å². The van der Waals surface area contributed by atoms with Crippen molar-refractivity contribution in [1.29, 1.82) is 0 Å². The van der Waals surface area contributed by atoms with Crippen molar-refractivity contribution < 1.29 is 9.53 Å². The summed E-state index contributed by atoms with van der Waals surface area (Å²) in [5.74, 6) is 0.744. The molecule has 5 rings (SSSR count). The van der Waals surface area contributed by atoms with E-state index in [9.17, 15) is 4.79 Å². The largest absolute Gasteiger partial charge is 0.492 e. The number of fused-ring (bicyclic) bond motifs is 1. The number of hydrogen-bond donors (Lipinski definition) is 0. The van der Waals surface area contributed by atoms with Crippen molar-refractivity contribution in [3.05, 3.63) is 102 Å². The number of anilines is 1. The zero-order valence-electron chi connectivity index (χ0n) is 17.8. The first-order chi connectivity index (χ1) is 15.7. The molecule has 1 aliphatic rings. The van der Waals surface area contributed by atoms with Crippen LogP contribution in [0.2, 0.25) is 0 Å². The minimum atomic E-state index is -0.113. The third-order valence-corrected chi connectivity index (χ3v) is 5.53. The van der Waals surface area contributed by atoms with E-state index in [4.69, 9.17) is 4.74 Å². The molecular formula is C27H23N3O2. The van der Waals surface area contributed by atoms with Crippen molar-refractivity contribution in [3.8, 4) is 5.75 Å². The van der Waals surface area contributed by atoms with Gasteiger partial charge in [-0.05, 0) is 43.3 Å². The van der Waals surface area contributed by atoms with Gasteiger partial charge in [0.15, 0.2) is 0 Å². The molecule has 0 N–H and O–H groups in total. The standard InChI is InChI=1S/C27H23N3O2/c1-20-25(27(31)30(28-20)22-10-4-2-5-11-22)18-21-19-29(26-15-9-8-14-24(21)26)16-17-32-23-12-6-3-7-13-23/h2-15,18-19H,16-17H2,1H3. The molecule has 0 atom stereocenters. The summed E-state index contributed by atoms with van der Waals surface area (Å²) in [4.78, 5) is 13.1. The van der Waals surface area contributed by atoms with E-state index in [2.05, 4.69) is 28.0 Å². The van der Waals surface area contributed by atoms with Gasteiger partial charge in [0.25, 0.3) is 5.91 Å². The van der Waals surface area contributed by atoms with Crippen molar-refractivity contribution in [2.45, 2.75) is 13.5 Å². The molecule has 1 aromatic heterocycles. The van der Waals surface area contributed by atoms with Crippen LogP contribution in [0.5, 0.6) is 5.75 Å². The zero-order chi connectivity index (χ0) is 21.9. The predicted molar refractivity (Wildman–Crippen MR) is 129 cm³/mol. The van der Waals surface area contributed by atoms with E-state index in [-0.39, 0.29) is 5.91 Å². The Balaban J connectivity index is 1.43. The number of aromatic nitrogens is 1. The quantitative estimate of drug-likeness (QED) is 0.385. The van der Waals surface area contributed by atoms with Gasteiger partial charge in [-0.15, -0.1) is 0 Å². The van der Waals surface area contributed by atoms with Crippen molar-refractivity contribution in [2.24, 2.45) is 5.10 Å². The average Bonchev–Trinajstić information content (AvgIpc) is 3.33. The van der Waals surface area contributed by atoms with Crippen LogP contribution in [-0.2, 0) is 11.3 Å². The van der Waals surface area contributed by atoms with Gasteiger partial charge in [-0.25, -0.2) is 0 Å². The molecule has 0 radical (unpaired) electrons. The lowest BCUT2D eigenvalue weighted by Crippen LogP contribution is -2.21. The molecule has 1 aliphatic heterocycles. The minimum Gasteiger partial charge on any atom is -0.492 e. The second-order valence-electron chi connectivity index (χ2n) is 7.65. The number of ether oxygens (including phenoxy) is 1. The summed E-state index contributed by atoms with van der Waals surface area (Å²) >= 11 is 0. The van der Waals surface area contributed by atoms with Gasteiger partial charge in [0.2, 0.25) is 0 Å². The Morgan fingerprint density at radius 2 is 1.59 bits per heavy atom. The first-order valence-corrected chi connectivity index (χ1v) is 10.6. The van der Waals surface area contributed by atoms with Gasteiger partial charge < -0.3 is 9.30 Å². The summed E-state index contributed by atoms with van der Waals surface area (Å²) in [6, 6.07) is 27.5. The number of para-hydroxylation sites is 3. The highest BCUT2D eigenvalue weighted by molar-refractivity contribution is 6.32. The van der Waals surface area contributed by atoms with Crippen LogP contribution in [0.1, 0.15) is 12.5 Å². The molecule has 4 aromatic rings. The van der Waals surface area contributed by atoms with E-state index in [1.54, 1.807) is 0 Å². The molecule has 0 fully saturated rings. The molecule has 3 aromatic carbocycles. The number of carbonyl (C=O) groups excluding carboxylic acids is 1. The highest BCUT2D eigenvalue weighted by Gasteiger charge is 2.28. The lowest BCUT2D eigenvalue weighted by atomic mass is 10.1. The van der Waals surface area contributed by atoms with E-state index in [1.165, 1.54) is 5.01 Å². The Labute approximate surface area is 186 Å². The van der Waals surface area contributed by atoms with Gasteiger partial charge in [-0.1, -0.05) is 54.6 Å². The van der Waals surface area contributed by atoms with E-state index in [0.717, 1.165) is 27.9 Å². The molecule has 0 saturated heterocycles. The van der Waals surface area contributed by atoms with Gasteiger partial charge in [0, 0.05) is 22.7 Å². The highest BCUT2D eigenvalue weighted by Crippen LogP contribution is 2.28. The molecule has 32 heavy (non-hydrogen) atoms. The number of carbonyl (C=O) groups is 1. The van der Waals surface area contributed by atoms with E-state index < -0.39 is 0 Å². The minimum absolute atomic E-state index is 0.113. The summed E-state index contributed by atoms with van der Waals surface area (Å²) in [7, 11) is 0. The van der Waals surface area contributed by atoms with Crippen LogP contribution < -0.4 is 9.75 Å². The van der Waals surface area contributed by atoms with Crippen LogP contribution in [0.15, 0.2) is 102 Å². The van der Waals surface area contributed by atoms with Gasteiger partial charge in [-0.2, -0.15) is 10.1 Å². The first-order valence-electron chi connectivity index (χ1n) is 10.6. The summed E-state index contributed by atoms with van der Waals surface area (Å²) in [6.07, 6.45) is 4.03. The summed E-state index contributed by atoms with van der Waals surface area (Å²) in [5.41, 5.74) is 4.19. The topological polar surface area (TPSA) is 46.8 Å². The fourth-order valence-corrected chi connectivity index (χ4v) is 3.94. The third kappa shape index (κ3) is 3.81. The number of amides is 1. The molecule has 2 heterocycles. The van der Waals surface area contributed by atoms with Crippen molar-refractivity contribution >= 4 is 34.3 Å². The molecule has 0 saturated carbocycles. The average molecular weight is 422 g/mol. The van der Waals surface area contributed by atoms with Crippen LogP contribution >= 0.6 is 0 Å². The first kappa shape index (κ1) is 19.8. The fraction of sp³-hybridized carbons (Fsp3) is 0.111. The van der Waals surface area contributed by atoms with Gasteiger partial charge in [0.1, 0.15) is 12.4 Å². The summed E-state index contributed by atoms with van der Waals surface area (Å²) in [5, 5.41) is 7.05. The van der Waals surface area contributed by atoms with E-state index in [0.29, 0.717) is 24.4 Å². The van der Waals surface area contributed by atoms with Crippen molar-refractivity contribution in [1.82, 2.24) is 4.57 Å². The molecule has 0 unspecified atom stereocenters. The van der Waals surface area contributed by atoms with Crippen LogP contribution in [-0.4, -0.2) is 22.8 Å². The smallest absolute Gasteiger partial charge is 0.280 e. The lowest BCUT2D eigenvalue weighted by molar-refractivity contribution is -0.114. The maximum Gasteiger partial charge on any atom is 0.280 e. The molecular weight excluding hydrogens is 398 g/mol. The normalized spacial score (nSPS) is 14.9. The molecule has 1 amide bonds. The number of benzene rings is 3. The van der Waals surface area contributed by atoms with Crippen LogP contribution in [0, 0.1) is 0 Å². The fourth-order valence-electron chi connectivity index (χ4n) is 3.94. The van der Waals surface area contributed by atoms with Crippen LogP contribution in [0.4, 0.5) is 5.69 Å². The zero-order valence-corrected chi connectivity index (χ0v) is 17.8. The molecule has 0 bridgehead atoms. The molecule has 158 valence electrons. The van der Waals surface area contributed by atoms with Gasteiger partial charge in [0.05, 0.1) is 23.5 Å². The number of hydrazone groups is 1. The van der Waals surface area contributed by atoms with Gasteiger partial charge >= 0.3 is 0 Å². The second-order valence-corrected chi connectivity index (χ2v) is 7.65. The third-order valence-electron chi connectivity index (χ3n) is 5.53. The summed E-state index contributed by atoms with van der Waals surface area (Å²) in [6.45, 7) is 3.13. The van der Waals surface area contributed by atoms with Crippen LogP contribution in [0.3, 0.4) is 0 Å². The van der Waals surface area contributed by atoms with Crippen molar-refractivity contribution in [2.75, 3.05) is 11.6 Å². The number of hydrogen-bond acceptors (Lipinski definition) is 3. The Morgan fingerprint density at radius 1 is 0.906 bits per heavy atom. The monoisotopic (exact) mass is 421 g/mol. The highest BCUT2D eigenvalue weighted by atomic mass is 16.5. The maximum atomic E-state index is 13.1. The Hall–Kier alpha value is -4.12. The molecule has 5 heteroatoms. The SMILES string of the molecule is CC1=NN(c2ccccc2)C(=O)C1=Cc1cn(CCOc2ccccc2)c2ccccc12. The maximum absolute atomic E-state index is 13.1. The van der Waals surface area contributed by atoms with Gasteiger partial charge in [-0.3, -0.25) is 4.79 Å². The second kappa shape index (κ2) is 8.55. The molecule has 0 aliphatic carbocycles. The summed E-state index contributed by atoms with van der Waals surface area (Å²) < 4.78 is 8.05. The lowest BCUT2D eigenvalue weighted by Gasteiger charge is -2.10. The molecule has 5 nitrogen and oxygen atoms in total. The number of nitrogens with zero attached hydrogens (tertiary/aromatic N) is 3.